The molecular formula is C46H34Br2O6. The molecule has 0 fully saturated rings. The van der Waals surface area contributed by atoms with Crippen LogP contribution in [0.1, 0.15) is 87.5 Å². The average molecular weight is 843 g/mol. The molecular weight excluding hydrogens is 808 g/mol. The molecule has 0 radical (unpaired) electrons. The van der Waals surface area contributed by atoms with Crippen molar-refractivity contribution < 1.29 is 28.5 Å². The summed E-state index contributed by atoms with van der Waals surface area (Å²) in [5, 5.41) is 0. The fourth-order valence-corrected chi connectivity index (χ4v) is 8.78. The van der Waals surface area contributed by atoms with Crippen LogP contribution < -0.4 is 9.47 Å². The van der Waals surface area contributed by atoms with Gasteiger partial charge in [0, 0.05) is 42.3 Å². The largest absolute Gasteiger partial charge is 0.456 e. The fraction of sp³-hybridized carbons (Fsp3) is 0.174. The maximum absolute atomic E-state index is 12.8. The van der Waals surface area contributed by atoms with E-state index in [1.54, 1.807) is 0 Å². The Morgan fingerprint density at radius 3 is 1.11 bits per heavy atom. The van der Waals surface area contributed by atoms with Gasteiger partial charge in [-0.15, -0.1) is 0 Å². The SMILES string of the molecule is Cc1cc2c(cc1Br)C1(OC(=O)c3ccccc31)c1cc(Br)c(C)cc1O2.Cc1cc2c(cc1C)C1(OC(=O)c3ccccc31)c1cc(C)c(C)cc1O2. The molecule has 54 heavy (non-hydrogen) atoms. The summed E-state index contributed by atoms with van der Waals surface area (Å²) in [5.74, 6) is 2.29. The minimum atomic E-state index is -1.02. The maximum Gasteiger partial charge on any atom is 0.340 e. The zero-order valence-electron chi connectivity index (χ0n) is 30.4. The minimum absolute atomic E-state index is 0.291. The van der Waals surface area contributed by atoms with E-state index in [9.17, 15) is 9.59 Å². The van der Waals surface area contributed by atoms with Crippen LogP contribution >= 0.6 is 31.9 Å². The summed E-state index contributed by atoms with van der Waals surface area (Å²) in [5.41, 5.74) is 11.0. The van der Waals surface area contributed by atoms with Crippen LogP contribution in [0.4, 0.5) is 0 Å². The molecule has 0 aliphatic carbocycles. The maximum atomic E-state index is 12.8. The third-order valence-electron chi connectivity index (χ3n) is 11.2. The Morgan fingerprint density at radius 2 is 0.722 bits per heavy atom. The molecule has 8 heteroatoms. The summed E-state index contributed by atoms with van der Waals surface area (Å²) in [4.78, 5) is 25.6. The van der Waals surface area contributed by atoms with Crippen molar-refractivity contribution >= 4 is 43.8 Å². The van der Waals surface area contributed by atoms with Gasteiger partial charge in [-0.05, 0) is 136 Å². The average Bonchev–Trinajstić information content (AvgIpc) is 3.61. The van der Waals surface area contributed by atoms with Crippen LogP contribution in [0, 0.1) is 41.5 Å². The van der Waals surface area contributed by atoms with Gasteiger partial charge < -0.3 is 18.9 Å². The molecule has 6 aromatic carbocycles. The normalized spacial score (nSPS) is 15.6. The molecule has 0 saturated carbocycles. The predicted octanol–water partition coefficient (Wildman–Crippen LogP) is 11.9. The smallest absolute Gasteiger partial charge is 0.340 e. The number of aryl methyl sites for hydroxylation is 6. The number of benzene rings is 6. The molecule has 268 valence electrons. The Kier molecular flexibility index (Phi) is 7.79. The lowest BCUT2D eigenvalue weighted by Gasteiger charge is -2.37. The number of fused-ring (bicyclic) bond motifs is 12. The number of carbonyl (C=O) groups excluding carboxylic acids is 2. The Morgan fingerprint density at radius 1 is 0.407 bits per heavy atom. The van der Waals surface area contributed by atoms with Crippen LogP contribution in [0.15, 0.2) is 106 Å². The lowest BCUT2D eigenvalue weighted by atomic mass is 9.76. The van der Waals surface area contributed by atoms with E-state index in [0.29, 0.717) is 22.6 Å². The molecule has 0 unspecified atom stereocenters. The van der Waals surface area contributed by atoms with Gasteiger partial charge in [-0.2, -0.15) is 0 Å². The molecule has 0 aromatic heterocycles. The molecule has 0 bridgehead atoms. The van der Waals surface area contributed by atoms with Crippen LogP contribution in [-0.2, 0) is 20.7 Å². The quantitative estimate of drug-likeness (QED) is 0.142. The molecule has 4 aliphatic heterocycles. The van der Waals surface area contributed by atoms with Gasteiger partial charge in [0.05, 0.1) is 11.1 Å². The number of rotatable bonds is 0. The zero-order chi connectivity index (χ0) is 37.8. The second-order valence-corrected chi connectivity index (χ2v) is 16.2. The van der Waals surface area contributed by atoms with Crippen molar-refractivity contribution in [1.29, 1.82) is 0 Å². The van der Waals surface area contributed by atoms with Crippen LogP contribution in [0.5, 0.6) is 23.0 Å². The van der Waals surface area contributed by atoms with Gasteiger partial charge in [0.25, 0.3) is 0 Å². The first kappa shape index (κ1) is 34.6. The summed E-state index contributed by atoms with van der Waals surface area (Å²) >= 11 is 7.24. The molecule has 10 rings (SSSR count). The lowest BCUT2D eigenvalue weighted by Crippen LogP contribution is -2.33. The highest BCUT2D eigenvalue weighted by Gasteiger charge is 2.55. The Bertz CT molecular complexity index is 2360. The summed E-state index contributed by atoms with van der Waals surface area (Å²) in [7, 11) is 0. The molecule has 4 heterocycles. The molecule has 0 saturated heterocycles. The number of carbonyl (C=O) groups is 2. The third kappa shape index (κ3) is 4.82. The van der Waals surface area contributed by atoms with Gasteiger partial charge in [-0.1, -0.05) is 68.3 Å². The molecule has 0 N–H and O–H groups in total. The molecule has 0 atom stereocenters. The first-order valence-electron chi connectivity index (χ1n) is 17.7. The van der Waals surface area contributed by atoms with Gasteiger partial charge in [-0.3, -0.25) is 0 Å². The Labute approximate surface area is 330 Å². The Hall–Kier alpha value is -5.18. The van der Waals surface area contributed by atoms with E-state index in [1.165, 1.54) is 0 Å². The summed E-state index contributed by atoms with van der Waals surface area (Å²) in [6.07, 6.45) is 0. The lowest BCUT2D eigenvalue weighted by molar-refractivity contribution is 0.0214. The molecule has 6 aromatic rings. The second kappa shape index (κ2) is 12.2. The number of hydrogen-bond acceptors (Lipinski definition) is 6. The van der Waals surface area contributed by atoms with Gasteiger partial charge in [-0.25, -0.2) is 9.59 Å². The summed E-state index contributed by atoms with van der Waals surface area (Å²) < 4.78 is 26.8. The predicted molar refractivity (Wildman–Crippen MR) is 213 cm³/mol. The van der Waals surface area contributed by atoms with E-state index >= 15 is 0 Å². The van der Waals surface area contributed by atoms with E-state index in [4.69, 9.17) is 18.9 Å². The number of hydrogen-bond donors (Lipinski definition) is 0. The van der Waals surface area contributed by atoms with Crippen molar-refractivity contribution in [2.45, 2.75) is 52.7 Å². The van der Waals surface area contributed by atoms with Crippen molar-refractivity contribution in [3.05, 3.63) is 184 Å². The van der Waals surface area contributed by atoms with Gasteiger partial charge in [0.15, 0.2) is 11.2 Å². The van der Waals surface area contributed by atoms with E-state index in [1.807, 2.05) is 98.8 Å². The first-order chi connectivity index (χ1) is 25.8. The minimum Gasteiger partial charge on any atom is -0.456 e. The van der Waals surface area contributed by atoms with Crippen LogP contribution in [0.25, 0.3) is 0 Å². The standard InChI is InChI=1S/C24H20O3.C22H14Br2O3/c1-13-9-19-21(11-15(13)3)26-22-12-16(4)14(2)10-20(22)24(19)18-8-6-5-7-17(18)23(25)27-24;1-11-7-19-15(9-17(11)23)22(14-6-4-3-5-13(14)21(25)27-22)16-10-18(24)12(2)8-20(16)26-19/h5-12H,1-4H3;3-10H,1-2H3. The third-order valence-corrected chi connectivity index (χ3v) is 12.9. The number of ether oxygens (including phenoxy) is 4. The van der Waals surface area contributed by atoms with E-state index in [2.05, 4.69) is 71.7 Å². The highest BCUT2D eigenvalue weighted by molar-refractivity contribution is 9.10. The monoisotopic (exact) mass is 840 g/mol. The van der Waals surface area contributed by atoms with Gasteiger partial charge in [0.2, 0.25) is 0 Å². The summed E-state index contributed by atoms with van der Waals surface area (Å²) in [6.45, 7) is 12.3. The molecule has 4 aliphatic rings. The van der Waals surface area contributed by atoms with Gasteiger partial charge in [0.1, 0.15) is 23.0 Å². The highest BCUT2D eigenvalue weighted by Crippen LogP contribution is 2.59. The van der Waals surface area contributed by atoms with Gasteiger partial charge >= 0.3 is 11.9 Å². The van der Waals surface area contributed by atoms with Crippen molar-refractivity contribution in [3.8, 4) is 23.0 Å². The second-order valence-electron chi connectivity index (χ2n) is 14.5. The van der Waals surface area contributed by atoms with E-state index in [0.717, 1.165) is 87.2 Å². The molecule has 2 spiro atoms. The topological polar surface area (TPSA) is 71.1 Å². The molecule has 6 nitrogen and oxygen atoms in total. The highest BCUT2D eigenvalue weighted by atomic mass is 79.9. The number of halogens is 2. The first-order valence-corrected chi connectivity index (χ1v) is 19.3. The number of esters is 2. The van der Waals surface area contributed by atoms with Crippen molar-refractivity contribution in [2.75, 3.05) is 0 Å². The summed E-state index contributed by atoms with van der Waals surface area (Å²) in [6, 6.07) is 31.5. The fourth-order valence-electron chi connectivity index (χ4n) is 8.09. The van der Waals surface area contributed by atoms with Crippen molar-refractivity contribution in [2.24, 2.45) is 0 Å². The van der Waals surface area contributed by atoms with E-state index < -0.39 is 11.2 Å². The zero-order valence-corrected chi connectivity index (χ0v) is 33.6. The van der Waals surface area contributed by atoms with Crippen LogP contribution in [0.2, 0.25) is 0 Å². The van der Waals surface area contributed by atoms with E-state index in [-0.39, 0.29) is 11.9 Å². The van der Waals surface area contributed by atoms with Crippen LogP contribution in [0.3, 0.4) is 0 Å². The van der Waals surface area contributed by atoms with Crippen molar-refractivity contribution in [3.63, 3.8) is 0 Å². The molecule has 0 amide bonds. The Balaban J connectivity index is 0.000000142. The van der Waals surface area contributed by atoms with Crippen LogP contribution in [-0.4, -0.2) is 11.9 Å². The van der Waals surface area contributed by atoms with Crippen molar-refractivity contribution in [1.82, 2.24) is 0 Å².